The van der Waals surface area contributed by atoms with Gasteiger partial charge in [0.05, 0.1) is 30.7 Å². The molecule has 0 fully saturated rings. The average molecular weight is 436 g/mol. The number of ketones is 1. The largest absolute Gasteiger partial charge is 0.481 e. The second-order valence-corrected chi connectivity index (χ2v) is 7.35. The molecule has 2 amide bonds. The van der Waals surface area contributed by atoms with Gasteiger partial charge < -0.3 is 30.0 Å². The highest BCUT2D eigenvalue weighted by molar-refractivity contribution is 5.98. The third kappa shape index (κ3) is 6.42. The Kier molecular flexibility index (Phi) is 8.38. The molecule has 31 heavy (non-hydrogen) atoms. The zero-order valence-electron chi connectivity index (χ0n) is 17.7. The predicted octanol–water partition coefficient (Wildman–Crippen LogP) is 1.39. The van der Waals surface area contributed by atoms with Crippen LogP contribution in [0, 0.1) is 5.92 Å². The zero-order chi connectivity index (χ0) is 23.1. The predicted molar refractivity (Wildman–Crippen MR) is 108 cm³/mol. The Hall–Kier alpha value is -3.14. The van der Waals surface area contributed by atoms with Crippen LogP contribution in [-0.2, 0) is 19.1 Å². The molecule has 0 saturated heterocycles. The van der Waals surface area contributed by atoms with E-state index in [0.29, 0.717) is 12.8 Å². The molecule has 170 valence electrons. The van der Waals surface area contributed by atoms with Gasteiger partial charge in [-0.05, 0) is 31.4 Å². The van der Waals surface area contributed by atoms with Crippen LogP contribution < -0.4 is 10.6 Å². The number of aliphatic carboxylic acids is 1. The summed E-state index contributed by atoms with van der Waals surface area (Å²) in [7, 11) is 0. The van der Waals surface area contributed by atoms with E-state index >= 15 is 0 Å². The van der Waals surface area contributed by atoms with Crippen molar-refractivity contribution >= 4 is 23.6 Å². The molecular weight excluding hydrogens is 408 g/mol. The van der Waals surface area contributed by atoms with Gasteiger partial charge in [-0.1, -0.05) is 13.8 Å². The molecule has 0 bridgehead atoms. The maximum absolute atomic E-state index is 12.9. The van der Waals surface area contributed by atoms with Crippen LogP contribution in [-0.4, -0.2) is 58.6 Å². The number of aromatic hydroxyl groups is 1. The van der Waals surface area contributed by atoms with E-state index < -0.39 is 54.1 Å². The van der Waals surface area contributed by atoms with Crippen molar-refractivity contribution in [1.29, 1.82) is 0 Å². The maximum atomic E-state index is 12.9. The first-order chi connectivity index (χ1) is 14.7. The minimum Gasteiger partial charge on any atom is -0.481 e. The third-order valence-corrected chi connectivity index (χ3v) is 5.12. The quantitative estimate of drug-likeness (QED) is 0.401. The van der Waals surface area contributed by atoms with Gasteiger partial charge in [0.15, 0.2) is 5.76 Å². The highest BCUT2D eigenvalue weighted by atomic mass is 16.5. The molecule has 1 heterocycles. The summed E-state index contributed by atoms with van der Waals surface area (Å²) in [5, 5.41) is 23.9. The number of carbonyl (C=O) groups excluding carboxylic acids is 3. The van der Waals surface area contributed by atoms with E-state index in [1.54, 1.807) is 0 Å². The summed E-state index contributed by atoms with van der Waals surface area (Å²) < 4.78 is 10.8. The SMILES string of the molecule is CCC(CC)O[C@@H]1C=C(C(=O)O)C[C@H](C(=O)NCC(=O)c2ccc(O)o2)[C@H]1NC(C)=O. The molecule has 0 saturated carbocycles. The molecule has 0 aliphatic heterocycles. The standard InChI is InChI=1S/C21H28N2O8/c1-4-13(5-2)30-17-9-12(21(28)29)8-14(19(17)23-11(3)24)20(27)22-10-15(25)16-6-7-18(26)31-16/h6-7,9,13-14,17,19,26H,4-5,8,10H2,1-3H3,(H,22,27)(H,23,24)(H,28,29)/t14-,17+,19+/m0/s1. The minimum absolute atomic E-state index is 0.00000779. The van der Waals surface area contributed by atoms with Crippen LogP contribution >= 0.6 is 0 Å². The molecule has 1 aromatic rings. The first-order valence-corrected chi connectivity index (χ1v) is 10.1. The average Bonchev–Trinajstić information content (AvgIpc) is 3.16. The van der Waals surface area contributed by atoms with Crippen molar-refractivity contribution in [3.05, 3.63) is 29.5 Å². The highest BCUT2D eigenvalue weighted by Gasteiger charge is 2.41. The number of carboxylic acids is 1. The van der Waals surface area contributed by atoms with Crippen LogP contribution in [0.15, 0.2) is 28.2 Å². The topological polar surface area (TPSA) is 155 Å². The lowest BCUT2D eigenvalue weighted by atomic mass is 9.81. The maximum Gasteiger partial charge on any atom is 0.331 e. The van der Waals surface area contributed by atoms with Crippen molar-refractivity contribution in [2.75, 3.05) is 6.54 Å². The summed E-state index contributed by atoms with van der Waals surface area (Å²) in [6.45, 7) is 4.73. The van der Waals surface area contributed by atoms with Crippen LogP contribution in [0.3, 0.4) is 0 Å². The lowest BCUT2D eigenvalue weighted by Gasteiger charge is -2.37. The summed E-state index contributed by atoms with van der Waals surface area (Å²) in [6.07, 6.45) is 1.66. The van der Waals surface area contributed by atoms with E-state index in [1.807, 2.05) is 13.8 Å². The van der Waals surface area contributed by atoms with Gasteiger partial charge >= 0.3 is 5.97 Å². The number of amides is 2. The van der Waals surface area contributed by atoms with Gasteiger partial charge in [-0.2, -0.15) is 0 Å². The number of hydrogen-bond donors (Lipinski definition) is 4. The fourth-order valence-corrected chi connectivity index (χ4v) is 3.49. The second-order valence-electron chi connectivity index (χ2n) is 7.35. The molecule has 0 radical (unpaired) electrons. The van der Waals surface area contributed by atoms with Crippen molar-refractivity contribution in [2.45, 2.75) is 58.3 Å². The third-order valence-electron chi connectivity index (χ3n) is 5.12. The van der Waals surface area contributed by atoms with Crippen LogP contribution in [0.5, 0.6) is 5.95 Å². The Labute approximate surface area is 179 Å². The van der Waals surface area contributed by atoms with Crippen LogP contribution in [0.1, 0.15) is 50.6 Å². The molecule has 3 atom stereocenters. The van der Waals surface area contributed by atoms with E-state index in [0.717, 1.165) is 0 Å². The van der Waals surface area contributed by atoms with Crippen molar-refractivity contribution < 1.29 is 38.5 Å². The van der Waals surface area contributed by atoms with E-state index in [9.17, 15) is 29.4 Å². The van der Waals surface area contributed by atoms with Gasteiger partial charge in [0.2, 0.25) is 17.6 Å². The van der Waals surface area contributed by atoms with Gasteiger partial charge in [0.25, 0.3) is 5.95 Å². The summed E-state index contributed by atoms with van der Waals surface area (Å²) in [4.78, 5) is 48.5. The minimum atomic E-state index is -1.18. The normalized spacial score (nSPS) is 20.8. The van der Waals surface area contributed by atoms with E-state index in [4.69, 9.17) is 9.15 Å². The fraction of sp³-hybridized carbons (Fsp3) is 0.524. The summed E-state index contributed by atoms with van der Waals surface area (Å²) in [5.74, 6) is -4.26. The van der Waals surface area contributed by atoms with Crippen molar-refractivity contribution in [1.82, 2.24) is 10.6 Å². The molecule has 10 heteroatoms. The number of nitrogens with one attached hydrogen (secondary N) is 2. The van der Waals surface area contributed by atoms with Crippen molar-refractivity contribution in [2.24, 2.45) is 5.92 Å². The van der Waals surface area contributed by atoms with E-state index in [1.165, 1.54) is 25.1 Å². The number of Topliss-reactive ketones (excluding diaryl/α,β-unsaturated/α-hetero) is 1. The first-order valence-electron chi connectivity index (χ1n) is 10.1. The van der Waals surface area contributed by atoms with Crippen molar-refractivity contribution in [3.8, 4) is 5.95 Å². The van der Waals surface area contributed by atoms with Crippen molar-refractivity contribution in [3.63, 3.8) is 0 Å². The Morgan fingerprint density at radius 1 is 1.23 bits per heavy atom. The van der Waals surface area contributed by atoms with Gasteiger partial charge in [-0.25, -0.2) is 4.79 Å². The zero-order valence-corrected chi connectivity index (χ0v) is 17.7. The molecule has 0 unspecified atom stereocenters. The summed E-state index contributed by atoms with van der Waals surface area (Å²) in [6, 6.07) is 1.67. The fourth-order valence-electron chi connectivity index (χ4n) is 3.49. The number of furan rings is 1. The smallest absolute Gasteiger partial charge is 0.331 e. The lowest BCUT2D eigenvalue weighted by Crippen LogP contribution is -2.55. The number of rotatable bonds is 10. The number of carboxylic acid groups (broad SMARTS) is 1. The number of ether oxygens (including phenoxy) is 1. The molecule has 1 aromatic heterocycles. The molecule has 10 nitrogen and oxygen atoms in total. The van der Waals surface area contributed by atoms with Gasteiger partial charge in [0.1, 0.15) is 0 Å². The number of hydrogen-bond acceptors (Lipinski definition) is 7. The van der Waals surface area contributed by atoms with Crippen LogP contribution in [0.4, 0.5) is 0 Å². The first kappa shape index (κ1) is 24.1. The van der Waals surface area contributed by atoms with Gasteiger partial charge in [0, 0.05) is 18.6 Å². The summed E-state index contributed by atoms with van der Waals surface area (Å²) >= 11 is 0. The van der Waals surface area contributed by atoms with Gasteiger partial charge in [-0.15, -0.1) is 0 Å². The molecule has 1 aliphatic carbocycles. The van der Waals surface area contributed by atoms with Crippen LogP contribution in [0.2, 0.25) is 0 Å². The molecule has 4 N–H and O–H groups in total. The monoisotopic (exact) mass is 436 g/mol. The summed E-state index contributed by atoms with van der Waals surface area (Å²) in [5.41, 5.74) is -0.00000779. The molecular formula is C21H28N2O8. The van der Waals surface area contributed by atoms with E-state index in [-0.39, 0.29) is 23.9 Å². The van der Waals surface area contributed by atoms with Gasteiger partial charge in [-0.3, -0.25) is 14.4 Å². The molecule has 1 aliphatic rings. The Morgan fingerprint density at radius 2 is 1.90 bits per heavy atom. The number of carbonyl (C=O) groups is 4. The Bertz CT molecular complexity index is 855. The molecule has 0 aromatic carbocycles. The second kappa shape index (κ2) is 10.8. The Morgan fingerprint density at radius 3 is 2.42 bits per heavy atom. The lowest BCUT2D eigenvalue weighted by molar-refractivity contribution is -0.134. The molecule has 0 spiro atoms. The van der Waals surface area contributed by atoms with Crippen LogP contribution in [0.25, 0.3) is 0 Å². The Balaban J connectivity index is 2.22. The van der Waals surface area contributed by atoms with E-state index in [2.05, 4.69) is 10.6 Å². The highest BCUT2D eigenvalue weighted by Crippen LogP contribution is 2.29. The molecule has 2 rings (SSSR count).